The molecule has 0 radical (unpaired) electrons. The lowest BCUT2D eigenvalue weighted by molar-refractivity contribution is -0.129. The molecule has 4 saturated heterocycles. The number of anilines is 2. The van der Waals surface area contributed by atoms with Crippen LogP contribution in [0, 0.1) is 13.8 Å². The van der Waals surface area contributed by atoms with Gasteiger partial charge in [-0.05, 0) is 94.3 Å². The highest BCUT2D eigenvalue weighted by Gasteiger charge is 2.29. The maximum absolute atomic E-state index is 12.6. The number of piperazine rings is 4. The number of fused-ring (bicyclic) bond motifs is 4. The Kier molecular flexibility index (Phi) is 18.4. The second-order valence-electron chi connectivity index (χ2n) is 22.4. The van der Waals surface area contributed by atoms with Crippen LogP contribution >= 0.6 is 0 Å². The molecule has 8 aliphatic rings. The van der Waals surface area contributed by atoms with Crippen LogP contribution in [-0.2, 0) is 9.53 Å². The normalized spacial score (nSPS) is 15.9. The number of halogens is 2. The maximum atomic E-state index is 12.6. The molecule has 0 saturated carbocycles. The second kappa shape index (κ2) is 25.5. The van der Waals surface area contributed by atoms with Gasteiger partial charge in [0.15, 0.2) is 26.2 Å². The minimum atomic E-state index is -0.517. The Morgan fingerprint density at radius 3 is 1.45 bits per heavy atom. The van der Waals surface area contributed by atoms with Crippen molar-refractivity contribution in [2.24, 2.45) is 0 Å². The highest BCUT2D eigenvalue weighted by molar-refractivity contribution is 6.06. The van der Waals surface area contributed by atoms with Gasteiger partial charge in [0.2, 0.25) is 16.6 Å². The van der Waals surface area contributed by atoms with Gasteiger partial charge in [0.25, 0.3) is 0 Å². The first-order chi connectivity index (χ1) is 38.7. The van der Waals surface area contributed by atoms with Crippen LogP contribution in [0.25, 0.3) is 66.8 Å². The third kappa shape index (κ3) is 12.4. The summed E-state index contributed by atoms with van der Waals surface area (Å²) in [7, 11) is 3.46. The Morgan fingerprint density at radius 1 is 0.524 bits per heavy atom. The molecule has 17 heteroatoms. The van der Waals surface area contributed by atoms with Crippen LogP contribution in [0.2, 0.25) is 0 Å². The van der Waals surface area contributed by atoms with Gasteiger partial charge >= 0.3 is 6.09 Å². The van der Waals surface area contributed by atoms with E-state index in [2.05, 4.69) is 134 Å². The van der Waals surface area contributed by atoms with Crippen molar-refractivity contribution in [3.63, 3.8) is 0 Å². The molecule has 0 spiro atoms. The quantitative estimate of drug-likeness (QED) is 0.188. The van der Waals surface area contributed by atoms with Gasteiger partial charge in [-0.3, -0.25) is 4.79 Å². The molecule has 2 amide bonds. The third-order valence-corrected chi connectivity index (χ3v) is 16.1. The summed E-state index contributed by atoms with van der Waals surface area (Å²) in [6, 6.07) is 38.6. The van der Waals surface area contributed by atoms with Crippen molar-refractivity contribution in [1.82, 2.24) is 29.6 Å². The highest BCUT2D eigenvalue weighted by atomic mass is 35.5. The van der Waals surface area contributed by atoms with Gasteiger partial charge in [-0.15, -0.1) is 0 Å². The lowest BCUT2D eigenvalue weighted by atomic mass is 9.90. The van der Waals surface area contributed by atoms with Gasteiger partial charge < -0.3 is 78.1 Å². The topological polar surface area (TPSA) is 131 Å². The van der Waals surface area contributed by atoms with Crippen LogP contribution in [0.5, 0.6) is 11.5 Å². The minimum Gasteiger partial charge on any atom is -1.00 e. The number of nitrogens with zero attached hydrogens (tertiary/aromatic N) is 6. The summed E-state index contributed by atoms with van der Waals surface area (Å²) in [6.07, 6.45) is -0.266. The molecule has 0 bridgehead atoms. The van der Waals surface area contributed by atoms with E-state index >= 15 is 0 Å². The summed E-state index contributed by atoms with van der Waals surface area (Å²) in [5.74, 6) is 3.52. The first-order valence-electron chi connectivity index (χ1n) is 28.3. The molecule has 15 nitrogen and oxygen atoms in total. The number of carbonyl (C=O) groups excluding carboxylic acids is 2. The van der Waals surface area contributed by atoms with E-state index in [1.807, 2.05) is 43.9 Å². The maximum Gasteiger partial charge on any atom is 0.410 e. The van der Waals surface area contributed by atoms with Crippen molar-refractivity contribution < 1.29 is 57.4 Å². The van der Waals surface area contributed by atoms with Crippen molar-refractivity contribution in [3.05, 3.63) is 131 Å². The van der Waals surface area contributed by atoms with Crippen molar-refractivity contribution in [3.8, 4) is 56.4 Å². The summed E-state index contributed by atoms with van der Waals surface area (Å²) in [5.41, 5.74) is 12.3. The number of aryl methyl sites for hydroxylation is 2. The number of benzene rings is 6. The lowest BCUT2D eigenvalue weighted by Gasteiger charge is -2.36. The monoisotopic (exact) mass is 1150 g/mol. The molecule has 82 heavy (non-hydrogen) atoms. The summed E-state index contributed by atoms with van der Waals surface area (Å²) in [5, 5.41) is 11.3. The average molecular weight is 1150 g/mol. The third-order valence-electron chi connectivity index (χ3n) is 16.1. The number of methoxy groups -OCH3 is 2. The number of amides is 2. The van der Waals surface area contributed by atoms with Gasteiger partial charge in [0.1, 0.15) is 39.8 Å². The predicted octanol–water partition coefficient (Wildman–Crippen LogP) is 2.53. The Bertz CT molecular complexity index is 3690. The Labute approximate surface area is 493 Å². The average Bonchev–Trinajstić information content (AvgIpc) is 3.67. The molecule has 0 unspecified atom stereocenters. The van der Waals surface area contributed by atoms with Crippen molar-refractivity contribution in [2.75, 3.05) is 129 Å². The fraction of sp³-hybridized carbons (Fsp3) is 0.385. The first-order valence-corrected chi connectivity index (χ1v) is 28.3. The Balaban J connectivity index is 0.000000198. The summed E-state index contributed by atoms with van der Waals surface area (Å²) in [6.45, 7) is 25.2. The number of rotatable bonds is 6. The van der Waals surface area contributed by atoms with E-state index in [9.17, 15) is 9.59 Å². The highest BCUT2D eigenvalue weighted by Crippen LogP contribution is 2.47. The summed E-state index contributed by atoms with van der Waals surface area (Å²) >= 11 is 0. The molecule has 12 rings (SSSR count). The van der Waals surface area contributed by atoms with Crippen LogP contribution in [0.15, 0.2) is 118 Å². The zero-order valence-corrected chi connectivity index (χ0v) is 50.0. The molecule has 432 valence electrons. The largest absolute Gasteiger partial charge is 1.00 e. The Morgan fingerprint density at radius 2 is 0.988 bits per heavy atom. The molecule has 4 fully saturated rings. The number of nitrogens with one attached hydrogen (secondary N) is 2. The zero-order valence-electron chi connectivity index (χ0n) is 48.5. The van der Waals surface area contributed by atoms with Crippen molar-refractivity contribution in [1.29, 1.82) is 0 Å². The van der Waals surface area contributed by atoms with Crippen LogP contribution < -0.4 is 74.6 Å². The van der Waals surface area contributed by atoms with Crippen LogP contribution in [0.1, 0.15) is 38.8 Å². The van der Waals surface area contributed by atoms with E-state index in [0.29, 0.717) is 39.3 Å². The van der Waals surface area contributed by atoms with Crippen LogP contribution in [0.3, 0.4) is 0 Å². The minimum absolute atomic E-state index is 0. The van der Waals surface area contributed by atoms with Gasteiger partial charge in [0.05, 0.1) is 52.5 Å². The first kappa shape index (κ1) is 59.3. The van der Waals surface area contributed by atoms with Gasteiger partial charge in [0, 0.05) is 139 Å². The molecule has 2 aliphatic carbocycles. The molecule has 4 aromatic rings. The molecule has 2 N–H and O–H groups in total. The standard InChI is InChI=1S/C36H43N4O5.C29H33N4O2.2ClH/c1-24-8-7-9-30(43-6)33(24)34-28-12-10-26(38-16-14-37(15-17-38)25(2)41)22-31(28)44-32-23-27(11-13-29(32)34)39-18-20-40(21-19-39)35(42)45-36(3,4)5;1-20-4-3-5-25(34-2)28(20)29-23-8-6-21(32-14-10-30-11-15-32)18-26(23)35-27-19-22(7-9-24(27)29)33-16-12-31-13-17-33;;/h7-13,22-23H,14-21H2,1-6H3;3-9,18-19,30-31H,10-17H2,1-2H3;2*1H/q2*+1;;/p-2. The molecule has 4 aromatic carbocycles. The molecule has 0 aromatic heterocycles. The van der Waals surface area contributed by atoms with Crippen LogP contribution in [-0.4, -0.2) is 146 Å². The van der Waals surface area contributed by atoms with Gasteiger partial charge in [-0.1, -0.05) is 24.3 Å². The van der Waals surface area contributed by atoms with E-state index in [0.717, 1.165) is 155 Å². The fourth-order valence-corrected chi connectivity index (χ4v) is 11.9. The summed E-state index contributed by atoms with van der Waals surface area (Å²) < 4.78 is 35.4. The number of hydrogen-bond acceptors (Lipinski definition) is 11. The number of ether oxygens (including phenoxy) is 3. The lowest BCUT2D eigenvalue weighted by Crippen LogP contribution is -3.00. The van der Waals surface area contributed by atoms with E-state index in [1.165, 1.54) is 22.2 Å². The molecular weight excluding hydrogens is 1080 g/mol. The van der Waals surface area contributed by atoms with Crippen LogP contribution in [0.4, 0.5) is 16.2 Å². The molecular formula is C65H76Cl2N8O7. The van der Waals surface area contributed by atoms with Gasteiger partial charge in [-0.2, -0.15) is 0 Å². The molecule has 6 aliphatic heterocycles. The number of hydrogen-bond donors (Lipinski definition) is 2. The van der Waals surface area contributed by atoms with Crippen molar-refractivity contribution >= 4 is 45.3 Å². The predicted molar refractivity (Wildman–Crippen MR) is 319 cm³/mol. The van der Waals surface area contributed by atoms with E-state index in [-0.39, 0.29) is 36.8 Å². The van der Waals surface area contributed by atoms with E-state index in [4.69, 9.17) is 23.0 Å². The van der Waals surface area contributed by atoms with E-state index in [1.54, 1.807) is 26.0 Å². The van der Waals surface area contributed by atoms with Gasteiger partial charge in [-0.25, -0.2) is 13.9 Å². The van der Waals surface area contributed by atoms with Crippen molar-refractivity contribution in [2.45, 2.75) is 47.1 Å². The molecule has 0 atom stereocenters. The summed E-state index contributed by atoms with van der Waals surface area (Å²) in [4.78, 5) is 32.9. The number of carbonyl (C=O) groups is 2. The Hall–Kier alpha value is -7.30. The molecule has 6 heterocycles. The zero-order chi connectivity index (χ0) is 55.7. The van der Waals surface area contributed by atoms with E-state index < -0.39 is 5.60 Å². The second-order valence-corrected chi connectivity index (χ2v) is 22.4. The fourth-order valence-electron chi connectivity index (χ4n) is 11.9. The SMILES string of the molecule is COc1cccc(C)c1-c1c2ccc(=[N+]3CCN(C(C)=O)CC3)cc-2oc2cc(N3CCN(C(=O)OC(C)(C)C)CC3)ccc12.COc1cccc(C)c1-c1c2ccc(=[N+]3CCNCC3)cc-2oc2cc(N3CCNCC3)ccc12.[Cl-].[Cl-]. The smallest absolute Gasteiger partial charge is 0.410 e.